The number of carboxylic acids is 1. The zero-order chi connectivity index (χ0) is 27.8. The van der Waals surface area contributed by atoms with E-state index in [1.54, 1.807) is 18.0 Å². The molecule has 4 unspecified atom stereocenters. The van der Waals surface area contributed by atoms with Crippen molar-refractivity contribution in [2.45, 2.75) is 70.1 Å². The smallest absolute Gasteiger partial charge is 0.326 e. The van der Waals surface area contributed by atoms with E-state index in [0.29, 0.717) is 38.0 Å². The summed E-state index contributed by atoms with van der Waals surface area (Å²) in [5.41, 5.74) is 7.77. The van der Waals surface area contributed by atoms with Crippen molar-refractivity contribution in [2.24, 2.45) is 11.7 Å². The number of nitrogens with one attached hydrogen (secondary N) is 3. The molecule has 6 N–H and O–H groups in total. The Bertz CT molecular complexity index is 1140. The molecule has 0 radical (unpaired) electrons. The number of para-hydroxylation sites is 1. The zero-order valence-electron chi connectivity index (χ0n) is 22.2. The first-order valence-corrected chi connectivity index (χ1v) is 14.4. The fourth-order valence-corrected chi connectivity index (χ4v) is 5.35. The quantitative estimate of drug-likeness (QED) is 0.257. The van der Waals surface area contributed by atoms with Crippen LogP contribution in [0.1, 0.15) is 45.1 Å². The largest absolute Gasteiger partial charge is 0.480 e. The van der Waals surface area contributed by atoms with Gasteiger partial charge >= 0.3 is 5.97 Å². The van der Waals surface area contributed by atoms with Crippen molar-refractivity contribution >= 4 is 46.4 Å². The number of H-pyrrole nitrogens is 1. The van der Waals surface area contributed by atoms with Gasteiger partial charge in [-0.25, -0.2) is 4.79 Å². The molecule has 4 atom stereocenters. The summed E-state index contributed by atoms with van der Waals surface area (Å²) in [4.78, 5) is 56.2. The van der Waals surface area contributed by atoms with Crippen molar-refractivity contribution in [3.63, 3.8) is 0 Å². The second kappa shape index (κ2) is 13.7. The van der Waals surface area contributed by atoms with Gasteiger partial charge in [0.25, 0.3) is 0 Å². The third-order valence-electron chi connectivity index (χ3n) is 6.84. The number of aromatic nitrogens is 1. The van der Waals surface area contributed by atoms with E-state index in [1.165, 1.54) is 4.90 Å². The number of aromatic amines is 1. The molecule has 1 saturated heterocycles. The van der Waals surface area contributed by atoms with Crippen LogP contribution >= 0.6 is 11.8 Å². The Morgan fingerprint density at radius 2 is 1.87 bits per heavy atom. The molecular formula is C27H39N5O5S. The Hall–Kier alpha value is -3.05. The van der Waals surface area contributed by atoms with E-state index >= 15 is 0 Å². The minimum Gasteiger partial charge on any atom is -0.480 e. The third-order valence-corrected chi connectivity index (χ3v) is 7.48. The van der Waals surface area contributed by atoms with E-state index in [0.717, 1.165) is 16.5 Å². The number of carbonyl (C=O) groups is 4. The number of nitrogens with zero attached hydrogens (tertiary/aromatic N) is 1. The van der Waals surface area contributed by atoms with Crippen molar-refractivity contribution in [3.05, 3.63) is 36.0 Å². The molecule has 2 aromatic rings. The molecule has 0 bridgehead atoms. The van der Waals surface area contributed by atoms with Crippen molar-refractivity contribution in [1.82, 2.24) is 20.5 Å². The third kappa shape index (κ3) is 7.50. The Labute approximate surface area is 227 Å². The highest BCUT2D eigenvalue weighted by Crippen LogP contribution is 2.23. The van der Waals surface area contributed by atoms with Crippen LogP contribution in [0.15, 0.2) is 30.5 Å². The lowest BCUT2D eigenvalue weighted by Crippen LogP contribution is -2.57. The summed E-state index contributed by atoms with van der Waals surface area (Å²) in [6.45, 7) is 4.25. The van der Waals surface area contributed by atoms with Crippen LogP contribution < -0.4 is 16.4 Å². The SMILES string of the molecule is CSCCC(NC(=O)C(N)CC(C)C)C(=O)NC(Cc1c[nH]c2ccccc12)C(=O)N1CCCC1C(=O)O. The van der Waals surface area contributed by atoms with E-state index < -0.39 is 47.9 Å². The maximum absolute atomic E-state index is 13.7. The van der Waals surface area contributed by atoms with E-state index in [9.17, 15) is 24.3 Å². The minimum absolute atomic E-state index is 0.174. The van der Waals surface area contributed by atoms with Crippen LogP contribution in [0, 0.1) is 5.92 Å². The van der Waals surface area contributed by atoms with Gasteiger partial charge in [-0.15, -0.1) is 0 Å². The molecule has 3 rings (SSSR count). The summed E-state index contributed by atoms with van der Waals surface area (Å²) >= 11 is 1.54. The van der Waals surface area contributed by atoms with Gasteiger partial charge in [0.05, 0.1) is 6.04 Å². The predicted molar refractivity (Wildman–Crippen MR) is 149 cm³/mol. The molecule has 2 heterocycles. The van der Waals surface area contributed by atoms with E-state index in [2.05, 4.69) is 15.6 Å². The molecule has 11 heteroatoms. The lowest BCUT2D eigenvalue weighted by atomic mass is 10.0. The average molecular weight is 546 g/mol. The van der Waals surface area contributed by atoms with E-state index in [1.807, 2.05) is 44.4 Å². The number of aliphatic carboxylic acids is 1. The molecule has 0 saturated carbocycles. The molecule has 38 heavy (non-hydrogen) atoms. The molecule has 1 aromatic carbocycles. The monoisotopic (exact) mass is 545 g/mol. The average Bonchev–Trinajstić information content (AvgIpc) is 3.53. The highest BCUT2D eigenvalue weighted by atomic mass is 32.2. The van der Waals surface area contributed by atoms with Gasteiger partial charge in [-0.05, 0) is 55.2 Å². The lowest BCUT2D eigenvalue weighted by molar-refractivity contribution is -0.149. The van der Waals surface area contributed by atoms with Gasteiger partial charge in [-0.1, -0.05) is 32.0 Å². The number of nitrogens with two attached hydrogens (primary N) is 1. The van der Waals surface area contributed by atoms with Crippen LogP contribution in [-0.4, -0.2) is 81.4 Å². The number of benzene rings is 1. The number of likely N-dealkylation sites (tertiary alicyclic amines) is 1. The first-order valence-electron chi connectivity index (χ1n) is 13.1. The Balaban J connectivity index is 1.85. The molecule has 10 nitrogen and oxygen atoms in total. The fourth-order valence-electron chi connectivity index (χ4n) is 4.88. The molecule has 0 spiro atoms. The topological polar surface area (TPSA) is 158 Å². The van der Waals surface area contributed by atoms with Gasteiger partial charge in [0.15, 0.2) is 0 Å². The molecule has 3 amide bonds. The van der Waals surface area contributed by atoms with E-state index in [4.69, 9.17) is 5.73 Å². The summed E-state index contributed by atoms with van der Waals surface area (Å²) in [6, 6.07) is 4.10. The molecule has 1 aliphatic rings. The summed E-state index contributed by atoms with van der Waals surface area (Å²) in [5, 5.41) is 16.2. The van der Waals surface area contributed by atoms with Crippen molar-refractivity contribution in [3.8, 4) is 0 Å². The van der Waals surface area contributed by atoms with Gasteiger partial charge in [-0.3, -0.25) is 14.4 Å². The highest BCUT2D eigenvalue weighted by Gasteiger charge is 2.38. The summed E-state index contributed by atoms with van der Waals surface area (Å²) in [5.74, 6) is -1.57. The molecule has 1 aromatic heterocycles. The van der Waals surface area contributed by atoms with Crippen molar-refractivity contribution in [2.75, 3.05) is 18.6 Å². The van der Waals surface area contributed by atoms with Gasteiger partial charge in [0.2, 0.25) is 17.7 Å². The van der Waals surface area contributed by atoms with Gasteiger partial charge in [-0.2, -0.15) is 11.8 Å². The van der Waals surface area contributed by atoms with Crippen LogP contribution in [0.3, 0.4) is 0 Å². The van der Waals surface area contributed by atoms with Crippen LogP contribution in [0.5, 0.6) is 0 Å². The van der Waals surface area contributed by atoms with Crippen LogP contribution in [0.2, 0.25) is 0 Å². The van der Waals surface area contributed by atoms with Crippen LogP contribution in [-0.2, 0) is 25.6 Å². The Morgan fingerprint density at radius 3 is 2.55 bits per heavy atom. The van der Waals surface area contributed by atoms with Crippen LogP contribution in [0.4, 0.5) is 0 Å². The standard InChI is InChI=1S/C27H39N5O5S/c1-16(2)13-19(28)24(33)30-21(10-12-38-3)25(34)31-22(26(35)32-11-6-9-23(32)27(36)37)14-17-15-29-20-8-5-4-7-18(17)20/h4-5,7-8,15-16,19,21-23,29H,6,9-14,28H2,1-3H3,(H,30,33)(H,31,34)(H,36,37). The van der Waals surface area contributed by atoms with Gasteiger partial charge in [0, 0.05) is 30.1 Å². The van der Waals surface area contributed by atoms with Gasteiger partial charge in [0.1, 0.15) is 18.1 Å². The maximum atomic E-state index is 13.7. The Kier molecular flexibility index (Phi) is 10.6. The summed E-state index contributed by atoms with van der Waals surface area (Å²) < 4.78 is 0. The molecular weight excluding hydrogens is 506 g/mol. The second-order valence-electron chi connectivity index (χ2n) is 10.2. The highest BCUT2D eigenvalue weighted by molar-refractivity contribution is 7.98. The number of fused-ring (bicyclic) bond motifs is 1. The molecule has 1 fully saturated rings. The molecule has 208 valence electrons. The molecule has 0 aliphatic carbocycles. The Morgan fingerprint density at radius 1 is 1.16 bits per heavy atom. The van der Waals surface area contributed by atoms with Crippen LogP contribution in [0.25, 0.3) is 10.9 Å². The number of amides is 3. The van der Waals surface area contributed by atoms with Crippen molar-refractivity contribution < 1.29 is 24.3 Å². The first kappa shape index (κ1) is 29.5. The number of thioether (sulfide) groups is 1. The fraction of sp³-hybridized carbons (Fsp3) is 0.556. The first-order chi connectivity index (χ1) is 18.1. The number of rotatable bonds is 13. The summed E-state index contributed by atoms with van der Waals surface area (Å²) in [7, 11) is 0. The number of carboxylic acid groups (broad SMARTS) is 1. The van der Waals surface area contributed by atoms with Gasteiger partial charge < -0.3 is 31.4 Å². The zero-order valence-corrected chi connectivity index (χ0v) is 23.1. The normalized spacial score (nSPS) is 17.8. The predicted octanol–water partition coefficient (Wildman–Crippen LogP) is 1.88. The maximum Gasteiger partial charge on any atom is 0.326 e. The number of hydrogen-bond donors (Lipinski definition) is 5. The minimum atomic E-state index is -1.06. The number of hydrogen-bond acceptors (Lipinski definition) is 6. The second-order valence-corrected chi connectivity index (χ2v) is 11.2. The number of carbonyl (C=O) groups excluding carboxylic acids is 3. The summed E-state index contributed by atoms with van der Waals surface area (Å²) in [6.07, 6.45) is 5.68. The van der Waals surface area contributed by atoms with Crippen molar-refractivity contribution in [1.29, 1.82) is 0 Å². The van der Waals surface area contributed by atoms with E-state index in [-0.39, 0.29) is 12.3 Å². The molecule has 1 aliphatic heterocycles. The lowest BCUT2D eigenvalue weighted by Gasteiger charge is -2.29.